The lowest BCUT2D eigenvalue weighted by Gasteiger charge is -2.41. The smallest absolute Gasteiger partial charge is 0.323 e. The largest absolute Gasteiger partial charge is 0.381 e. The number of fused-ring (bicyclic) bond motifs is 2. The van der Waals surface area contributed by atoms with Crippen LogP contribution in [-0.4, -0.2) is 69.3 Å². The van der Waals surface area contributed by atoms with Crippen LogP contribution in [0, 0.1) is 11.7 Å². The molecule has 148 valence electrons. The molecular weight excluding hydrogens is 345 g/mol. The molecule has 0 atom stereocenters. The number of urea groups is 1. The molecule has 2 amide bonds. The minimum Gasteiger partial charge on any atom is -0.381 e. The van der Waals surface area contributed by atoms with E-state index in [1.54, 1.807) is 31.1 Å². The molecular formula is C21H30FN3O2. The Kier molecular flexibility index (Phi) is 5.12. The summed E-state index contributed by atoms with van der Waals surface area (Å²) < 4.78 is 19.5. The molecule has 0 N–H and O–H groups in total. The van der Waals surface area contributed by atoms with Gasteiger partial charge in [0, 0.05) is 51.5 Å². The second kappa shape index (κ2) is 7.40. The maximum absolute atomic E-state index is 14.0. The predicted molar refractivity (Wildman–Crippen MR) is 104 cm³/mol. The second-order valence-corrected chi connectivity index (χ2v) is 8.56. The minimum atomic E-state index is -0.211. The Morgan fingerprint density at radius 3 is 2.63 bits per heavy atom. The van der Waals surface area contributed by atoms with Gasteiger partial charge in [-0.2, -0.15) is 0 Å². The fourth-order valence-corrected chi connectivity index (χ4v) is 4.94. The normalized spacial score (nSPS) is 22.9. The van der Waals surface area contributed by atoms with E-state index in [0.717, 1.165) is 75.7 Å². The van der Waals surface area contributed by atoms with Crippen molar-refractivity contribution in [2.24, 2.45) is 5.92 Å². The quantitative estimate of drug-likeness (QED) is 0.797. The first-order chi connectivity index (χ1) is 13.0. The fraction of sp³-hybridized carbons (Fsp3) is 0.667. The van der Waals surface area contributed by atoms with E-state index in [-0.39, 0.29) is 17.3 Å². The highest BCUT2D eigenvalue weighted by Crippen LogP contribution is 2.47. The zero-order valence-electron chi connectivity index (χ0n) is 16.4. The third kappa shape index (κ3) is 3.57. The Labute approximate surface area is 161 Å². The summed E-state index contributed by atoms with van der Waals surface area (Å²) in [6.07, 6.45) is 4.26. The summed E-state index contributed by atoms with van der Waals surface area (Å²) in [5.41, 5.74) is 1.78. The molecule has 0 radical (unpaired) electrons. The van der Waals surface area contributed by atoms with Gasteiger partial charge in [-0.15, -0.1) is 0 Å². The van der Waals surface area contributed by atoms with Crippen molar-refractivity contribution in [2.45, 2.75) is 31.1 Å². The Bertz CT molecular complexity index is 695. The highest BCUT2D eigenvalue weighted by molar-refractivity contribution is 5.95. The Balaban J connectivity index is 1.50. The maximum Gasteiger partial charge on any atom is 0.323 e. The van der Waals surface area contributed by atoms with E-state index in [1.165, 1.54) is 6.07 Å². The number of carbonyl (C=O) groups is 1. The summed E-state index contributed by atoms with van der Waals surface area (Å²) in [4.78, 5) is 18.7. The van der Waals surface area contributed by atoms with Crippen molar-refractivity contribution in [3.05, 3.63) is 29.6 Å². The number of hydrogen-bond acceptors (Lipinski definition) is 3. The summed E-state index contributed by atoms with van der Waals surface area (Å²) in [6, 6.07) is 4.87. The van der Waals surface area contributed by atoms with Gasteiger partial charge in [-0.05, 0) is 68.5 Å². The van der Waals surface area contributed by atoms with Crippen LogP contribution in [-0.2, 0) is 10.2 Å². The van der Waals surface area contributed by atoms with Gasteiger partial charge in [0.05, 0.1) is 0 Å². The Morgan fingerprint density at radius 1 is 1.26 bits per heavy atom. The van der Waals surface area contributed by atoms with Crippen molar-refractivity contribution in [1.82, 2.24) is 9.80 Å². The molecule has 0 bridgehead atoms. The molecule has 0 aromatic heterocycles. The molecule has 6 heteroatoms. The molecule has 3 aliphatic rings. The van der Waals surface area contributed by atoms with Crippen LogP contribution >= 0.6 is 0 Å². The lowest BCUT2D eigenvalue weighted by Crippen LogP contribution is -2.48. The molecule has 3 heterocycles. The van der Waals surface area contributed by atoms with Gasteiger partial charge >= 0.3 is 6.03 Å². The van der Waals surface area contributed by atoms with Gasteiger partial charge in [-0.1, -0.05) is 0 Å². The van der Waals surface area contributed by atoms with Crippen LogP contribution in [0.25, 0.3) is 0 Å². The summed E-state index contributed by atoms with van der Waals surface area (Å²) in [5.74, 6) is 0.518. The zero-order chi connectivity index (χ0) is 19.0. The molecule has 27 heavy (non-hydrogen) atoms. The van der Waals surface area contributed by atoms with E-state index in [1.807, 2.05) is 4.90 Å². The number of ether oxygens (including phenoxy) is 1. The highest BCUT2D eigenvalue weighted by Gasteiger charge is 2.47. The molecule has 0 unspecified atom stereocenters. The van der Waals surface area contributed by atoms with Crippen molar-refractivity contribution in [1.29, 1.82) is 0 Å². The molecule has 5 nitrogen and oxygen atoms in total. The molecule has 2 saturated heterocycles. The standard InChI is InChI=1S/C21H30FN3O2/c1-23(2)20(26)25-15-21(18-13-17(22)3-4-19(18)25)7-9-24(10-8-21)14-16-5-11-27-12-6-16/h3-4,13,16H,5-12,14-15H2,1-2H3. The summed E-state index contributed by atoms with van der Waals surface area (Å²) in [7, 11) is 3.54. The topological polar surface area (TPSA) is 36.0 Å². The SMILES string of the molecule is CN(C)C(=O)N1CC2(CCN(CC3CCOCC3)CC2)c2cc(F)ccc21. The van der Waals surface area contributed by atoms with E-state index < -0.39 is 0 Å². The molecule has 1 spiro atoms. The van der Waals surface area contributed by atoms with Crippen LogP contribution < -0.4 is 4.90 Å². The van der Waals surface area contributed by atoms with Crippen molar-refractivity contribution in [3.8, 4) is 0 Å². The van der Waals surface area contributed by atoms with Gasteiger partial charge < -0.3 is 14.5 Å². The van der Waals surface area contributed by atoms with E-state index >= 15 is 0 Å². The number of anilines is 1. The number of halogens is 1. The average Bonchev–Trinajstić information content (AvgIpc) is 2.97. The molecule has 1 aromatic carbocycles. The van der Waals surface area contributed by atoms with Gasteiger partial charge in [0.25, 0.3) is 0 Å². The van der Waals surface area contributed by atoms with E-state index in [2.05, 4.69) is 4.90 Å². The minimum absolute atomic E-state index is 0.0237. The third-order valence-electron chi connectivity index (χ3n) is 6.57. The van der Waals surface area contributed by atoms with Gasteiger partial charge in [-0.3, -0.25) is 4.90 Å². The number of likely N-dealkylation sites (tertiary alicyclic amines) is 1. The number of nitrogens with zero attached hydrogens (tertiary/aromatic N) is 3. The molecule has 2 fully saturated rings. The van der Waals surface area contributed by atoms with Gasteiger partial charge in [0.2, 0.25) is 0 Å². The molecule has 4 rings (SSSR count). The van der Waals surface area contributed by atoms with Crippen LogP contribution in [0.3, 0.4) is 0 Å². The van der Waals surface area contributed by atoms with Crippen LogP contribution in [0.5, 0.6) is 0 Å². The number of piperidine rings is 1. The molecule has 0 aliphatic carbocycles. The summed E-state index contributed by atoms with van der Waals surface area (Å²) in [5, 5.41) is 0. The Hall–Kier alpha value is -1.66. The first-order valence-corrected chi connectivity index (χ1v) is 10.1. The first kappa shape index (κ1) is 18.7. The number of amides is 2. The number of carbonyl (C=O) groups excluding carboxylic acids is 1. The lowest BCUT2D eigenvalue weighted by atomic mass is 9.74. The average molecular weight is 375 g/mol. The van der Waals surface area contributed by atoms with Crippen molar-refractivity contribution in [3.63, 3.8) is 0 Å². The lowest BCUT2D eigenvalue weighted by molar-refractivity contribution is 0.0453. The predicted octanol–water partition coefficient (Wildman–Crippen LogP) is 3.09. The summed E-state index contributed by atoms with van der Waals surface area (Å²) in [6.45, 7) is 5.59. The van der Waals surface area contributed by atoms with E-state index in [4.69, 9.17) is 4.74 Å². The number of benzene rings is 1. The van der Waals surface area contributed by atoms with Gasteiger partial charge in [0.15, 0.2) is 0 Å². The van der Waals surface area contributed by atoms with Gasteiger partial charge in [0.1, 0.15) is 5.82 Å². The third-order valence-corrected chi connectivity index (χ3v) is 6.57. The summed E-state index contributed by atoms with van der Waals surface area (Å²) >= 11 is 0. The highest BCUT2D eigenvalue weighted by atomic mass is 19.1. The Morgan fingerprint density at radius 2 is 1.96 bits per heavy atom. The van der Waals surface area contributed by atoms with Gasteiger partial charge in [-0.25, -0.2) is 9.18 Å². The fourth-order valence-electron chi connectivity index (χ4n) is 4.94. The van der Waals surface area contributed by atoms with E-state index in [9.17, 15) is 9.18 Å². The van der Waals surface area contributed by atoms with Crippen LogP contribution in [0.4, 0.5) is 14.9 Å². The van der Waals surface area contributed by atoms with Crippen LogP contribution in [0.15, 0.2) is 18.2 Å². The molecule has 3 aliphatic heterocycles. The van der Waals surface area contributed by atoms with Crippen molar-refractivity contribution in [2.75, 3.05) is 58.4 Å². The van der Waals surface area contributed by atoms with Crippen molar-refractivity contribution < 1.29 is 13.9 Å². The first-order valence-electron chi connectivity index (χ1n) is 10.1. The second-order valence-electron chi connectivity index (χ2n) is 8.56. The van der Waals surface area contributed by atoms with E-state index in [0.29, 0.717) is 6.54 Å². The molecule has 0 saturated carbocycles. The monoisotopic (exact) mass is 375 g/mol. The van der Waals surface area contributed by atoms with Crippen LogP contribution in [0.2, 0.25) is 0 Å². The number of rotatable bonds is 2. The maximum atomic E-state index is 14.0. The number of hydrogen-bond donors (Lipinski definition) is 0. The van der Waals surface area contributed by atoms with Crippen molar-refractivity contribution >= 4 is 11.7 Å². The zero-order valence-corrected chi connectivity index (χ0v) is 16.4. The molecule has 1 aromatic rings. The van der Waals surface area contributed by atoms with Crippen LogP contribution in [0.1, 0.15) is 31.2 Å².